The van der Waals surface area contributed by atoms with Crippen LogP contribution in [0.4, 0.5) is 0 Å². The highest BCUT2D eigenvalue weighted by atomic mass is 16.5. The molecule has 0 spiro atoms. The molecule has 1 N–H and O–H groups in total. The quantitative estimate of drug-likeness (QED) is 0.579. The van der Waals surface area contributed by atoms with Crippen molar-refractivity contribution in [3.8, 4) is 17.2 Å². The second-order valence-electron chi connectivity index (χ2n) is 5.57. The standard InChI is InChI=1S/C19H20O8/c1-5-6-13-18(22)17(21)12(9-27-13)16(20)15-11(19(23)26-4)7-10(24-2)8-14(15)25-3/h7-9,22H,5-6H2,1-4H3. The molecule has 0 unspecified atom stereocenters. The summed E-state index contributed by atoms with van der Waals surface area (Å²) in [6.45, 7) is 1.85. The van der Waals surface area contributed by atoms with Gasteiger partial charge in [0.2, 0.25) is 17.0 Å². The molecule has 2 aromatic rings. The first-order valence-corrected chi connectivity index (χ1v) is 8.12. The largest absolute Gasteiger partial charge is 0.502 e. The Morgan fingerprint density at radius 2 is 1.81 bits per heavy atom. The summed E-state index contributed by atoms with van der Waals surface area (Å²) in [6.07, 6.45) is 1.96. The topological polar surface area (TPSA) is 112 Å². The molecule has 0 atom stereocenters. The molecular formula is C19H20O8. The Balaban J connectivity index is 2.70. The molecule has 1 aromatic heterocycles. The number of carbonyl (C=O) groups is 2. The fourth-order valence-electron chi connectivity index (χ4n) is 2.56. The van der Waals surface area contributed by atoms with Crippen molar-refractivity contribution in [1.82, 2.24) is 0 Å². The minimum Gasteiger partial charge on any atom is -0.502 e. The van der Waals surface area contributed by atoms with E-state index in [0.29, 0.717) is 12.8 Å². The van der Waals surface area contributed by atoms with Crippen LogP contribution in [0.25, 0.3) is 0 Å². The van der Waals surface area contributed by atoms with E-state index in [-0.39, 0.29) is 28.4 Å². The molecule has 2 rings (SSSR count). The van der Waals surface area contributed by atoms with Crippen molar-refractivity contribution in [3.05, 3.63) is 51.1 Å². The van der Waals surface area contributed by atoms with Crippen LogP contribution < -0.4 is 14.9 Å². The SMILES string of the molecule is CCCc1occ(C(=O)c2c(OC)cc(OC)cc2C(=O)OC)c(=O)c1O. The van der Waals surface area contributed by atoms with Crippen molar-refractivity contribution in [2.75, 3.05) is 21.3 Å². The Morgan fingerprint density at radius 3 is 2.37 bits per heavy atom. The summed E-state index contributed by atoms with van der Waals surface area (Å²) in [4.78, 5) is 37.6. The Labute approximate surface area is 155 Å². The lowest BCUT2D eigenvalue weighted by Crippen LogP contribution is -2.20. The summed E-state index contributed by atoms with van der Waals surface area (Å²) in [6, 6.07) is 2.70. The van der Waals surface area contributed by atoms with Crippen molar-refractivity contribution in [1.29, 1.82) is 0 Å². The maximum Gasteiger partial charge on any atom is 0.338 e. The van der Waals surface area contributed by atoms with E-state index in [1.165, 1.54) is 26.4 Å². The monoisotopic (exact) mass is 376 g/mol. The van der Waals surface area contributed by atoms with E-state index in [4.69, 9.17) is 18.6 Å². The lowest BCUT2D eigenvalue weighted by Gasteiger charge is -2.14. The van der Waals surface area contributed by atoms with E-state index in [1.807, 2.05) is 6.92 Å². The van der Waals surface area contributed by atoms with Gasteiger partial charge in [-0.25, -0.2) is 4.79 Å². The van der Waals surface area contributed by atoms with Gasteiger partial charge >= 0.3 is 5.97 Å². The first-order chi connectivity index (χ1) is 12.9. The van der Waals surface area contributed by atoms with Gasteiger partial charge < -0.3 is 23.7 Å². The average Bonchev–Trinajstić information content (AvgIpc) is 2.69. The van der Waals surface area contributed by atoms with Crippen LogP contribution in [0.1, 0.15) is 45.4 Å². The summed E-state index contributed by atoms with van der Waals surface area (Å²) in [5.41, 5.74) is -1.65. The van der Waals surface area contributed by atoms with Gasteiger partial charge in [-0.2, -0.15) is 0 Å². The average molecular weight is 376 g/mol. The van der Waals surface area contributed by atoms with Crippen LogP contribution in [0.15, 0.2) is 27.6 Å². The third-order valence-electron chi connectivity index (χ3n) is 3.93. The zero-order valence-corrected chi connectivity index (χ0v) is 15.5. The summed E-state index contributed by atoms with van der Waals surface area (Å²) >= 11 is 0. The van der Waals surface area contributed by atoms with Gasteiger partial charge in [0.1, 0.15) is 29.1 Å². The number of aromatic hydroxyl groups is 1. The minimum atomic E-state index is -0.886. The molecular weight excluding hydrogens is 356 g/mol. The van der Waals surface area contributed by atoms with Gasteiger partial charge in [0.05, 0.1) is 32.5 Å². The highest BCUT2D eigenvalue weighted by molar-refractivity contribution is 6.16. The van der Waals surface area contributed by atoms with Crippen molar-refractivity contribution in [2.45, 2.75) is 19.8 Å². The summed E-state index contributed by atoms with van der Waals surface area (Å²) in [7, 11) is 3.84. The molecule has 0 aliphatic heterocycles. The lowest BCUT2D eigenvalue weighted by atomic mass is 9.97. The van der Waals surface area contributed by atoms with Crippen LogP contribution in [-0.2, 0) is 11.2 Å². The van der Waals surface area contributed by atoms with E-state index in [2.05, 4.69) is 0 Å². The van der Waals surface area contributed by atoms with Crippen LogP contribution >= 0.6 is 0 Å². The Hall–Kier alpha value is -3.29. The number of hydrogen-bond donors (Lipinski definition) is 1. The Bertz CT molecular complexity index is 926. The van der Waals surface area contributed by atoms with E-state index in [0.717, 1.165) is 13.4 Å². The molecule has 1 heterocycles. The number of ether oxygens (including phenoxy) is 3. The van der Waals surface area contributed by atoms with Crippen LogP contribution in [0, 0.1) is 0 Å². The van der Waals surface area contributed by atoms with E-state index >= 15 is 0 Å². The zero-order valence-electron chi connectivity index (χ0n) is 15.5. The first kappa shape index (κ1) is 20.0. The molecule has 0 radical (unpaired) electrons. The molecule has 1 aromatic carbocycles. The fraction of sp³-hybridized carbons (Fsp3) is 0.316. The maximum atomic E-state index is 13.0. The lowest BCUT2D eigenvalue weighted by molar-refractivity contribution is 0.0596. The number of benzene rings is 1. The number of rotatable bonds is 7. The zero-order chi connectivity index (χ0) is 20.1. The number of methoxy groups -OCH3 is 3. The second-order valence-corrected chi connectivity index (χ2v) is 5.57. The minimum absolute atomic E-state index is 0.0104. The fourth-order valence-corrected chi connectivity index (χ4v) is 2.56. The molecule has 0 amide bonds. The van der Waals surface area contributed by atoms with Crippen molar-refractivity contribution >= 4 is 11.8 Å². The van der Waals surface area contributed by atoms with Gasteiger partial charge in [0.25, 0.3) is 0 Å². The smallest absolute Gasteiger partial charge is 0.338 e. The van der Waals surface area contributed by atoms with E-state index < -0.39 is 28.5 Å². The number of esters is 1. The van der Waals surface area contributed by atoms with Crippen LogP contribution in [0.2, 0.25) is 0 Å². The van der Waals surface area contributed by atoms with E-state index in [1.54, 1.807) is 0 Å². The molecule has 0 fully saturated rings. The predicted molar refractivity (Wildman–Crippen MR) is 95.0 cm³/mol. The van der Waals surface area contributed by atoms with Gasteiger partial charge in [-0.05, 0) is 12.5 Å². The third-order valence-corrected chi connectivity index (χ3v) is 3.93. The van der Waals surface area contributed by atoms with Crippen LogP contribution in [0.5, 0.6) is 17.2 Å². The Morgan fingerprint density at radius 1 is 1.11 bits per heavy atom. The summed E-state index contributed by atoms with van der Waals surface area (Å²) in [5, 5.41) is 10.0. The molecule has 8 heteroatoms. The van der Waals surface area contributed by atoms with Gasteiger partial charge in [0, 0.05) is 12.5 Å². The second kappa shape index (κ2) is 8.39. The van der Waals surface area contributed by atoms with Crippen molar-refractivity contribution in [2.24, 2.45) is 0 Å². The van der Waals surface area contributed by atoms with Gasteiger partial charge in [-0.1, -0.05) is 6.92 Å². The molecule has 0 aliphatic rings. The number of aryl methyl sites for hydroxylation is 1. The van der Waals surface area contributed by atoms with Gasteiger partial charge in [-0.3, -0.25) is 9.59 Å². The highest BCUT2D eigenvalue weighted by Crippen LogP contribution is 2.31. The van der Waals surface area contributed by atoms with Gasteiger partial charge in [-0.15, -0.1) is 0 Å². The molecule has 27 heavy (non-hydrogen) atoms. The highest BCUT2D eigenvalue weighted by Gasteiger charge is 2.28. The number of hydrogen-bond acceptors (Lipinski definition) is 8. The number of ketones is 1. The summed E-state index contributed by atoms with van der Waals surface area (Å²) < 4.78 is 20.3. The molecule has 0 bridgehead atoms. The summed E-state index contributed by atoms with van der Waals surface area (Å²) in [5.74, 6) is -1.93. The molecule has 0 aliphatic carbocycles. The van der Waals surface area contributed by atoms with Crippen molar-refractivity contribution in [3.63, 3.8) is 0 Å². The van der Waals surface area contributed by atoms with E-state index in [9.17, 15) is 19.5 Å². The first-order valence-electron chi connectivity index (χ1n) is 8.12. The number of carbonyl (C=O) groups excluding carboxylic acids is 2. The molecule has 0 saturated heterocycles. The molecule has 144 valence electrons. The predicted octanol–water partition coefficient (Wildman–Crippen LogP) is 2.33. The third kappa shape index (κ3) is 3.79. The molecule has 8 nitrogen and oxygen atoms in total. The Kier molecular flexibility index (Phi) is 6.23. The molecule has 0 saturated carbocycles. The van der Waals surface area contributed by atoms with Crippen molar-refractivity contribution < 1.29 is 33.3 Å². The van der Waals surface area contributed by atoms with Gasteiger partial charge in [0.15, 0.2) is 0 Å². The van der Waals surface area contributed by atoms with Crippen LogP contribution in [-0.4, -0.2) is 38.2 Å². The maximum absolute atomic E-state index is 13.0. The normalized spacial score (nSPS) is 10.4. The van der Waals surface area contributed by atoms with Crippen LogP contribution in [0.3, 0.4) is 0 Å².